The van der Waals surface area contributed by atoms with Gasteiger partial charge in [0.1, 0.15) is 11.3 Å². The van der Waals surface area contributed by atoms with Crippen LogP contribution < -0.4 is 15.8 Å². The zero-order valence-electron chi connectivity index (χ0n) is 11.2. The molecule has 0 spiro atoms. The van der Waals surface area contributed by atoms with Crippen molar-refractivity contribution in [3.63, 3.8) is 0 Å². The Balaban J connectivity index is 2.30. The van der Waals surface area contributed by atoms with Gasteiger partial charge in [-0.15, -0.1) is 0 Å². The van der Waals surface area contributed by atoms with E-state index in [-0.39, 0.29) is 5.91 Å². The molecule has 2 rings (SSSR count). The van der Waals surface area contributed by atoms with Crippen LogP contribution in [0, 0.1) is 6.92 Å². The van der Waals surface area contributed by atoms with E-state index in [0.29, 0.717) is 27.7 Å². The van der Waals surface area contributed by atoms with Gasteiger partial charge in [0.2, 0.25) is 0 Å². The normalized spacial score (nSPS) is 10.2. The fraction of sp³-hybridized carbons (Fsp3) is 0.133. The molecule has 1 amide bonds. The summed E-state index contributed by atoms with van der Waals surface area (Å²) in [5.41, 5.74) is 8.06. The van der Waals surface area contributed by atoms with E-state index in [1.807, 2.05) is 13.0 Å². The summed E-state index contributed by atoms with van der Waals surface area (Å²) in [6.07, 6.45) is 0. The predicted molar refractivity (Wildman–Crippen MR) is 81.5 cm³/mol. The van der Waals surface area contributed by atoms with Gasteiger partial charge >= 0.3 is 0 Å². The fourth-order valence-corrected chi connectivity index (χ4v) is 2.01. The molecule has 0 saturated carbocycles. The average molecular weight is 291 g/mol. The van der Waals surface area contributed by atoms with Gasteiger partial charge in [-0.1, -0.05) is 23.7 Å². The first-order chi connectivity index (χ1) is 9.52. The summed E-state index contributed by atoms with van der Waals surface area (Å²) in [6, 6.07) is 10.4. The molecule has 2 aromatic rings. The standard InChI is InChI=1S/C15H15ClN2O2/c1-9-6-7-10(8-11(9)16)18-15(19)14-12(17)4-3-5-13(14)20-2/h3-8H,17H2,1-2H3,(H,18,19). The topological polar surface area (TPSA) is 64.3 Å². The SMILES string of the molecule is COc1cccc(N)c1C(=O)Nc1ccc(C)c(Cl)c1. The number of hydrogen-bond donors (Lipinski definition) is 2. The van der Waals surface area contributed by atoms with E-state index in [1.54, 1.807) is 30.3 Å². The van der Waals surface area contributed by atoms with Crippen LogP contribution in [0.5, 0.6) is 5.75 Å². The van der Waals surface area contributed by atoms with Crippen molar-refractivity contribution >= 4 is 28.9 Å². The second-order valence-corrected chi connectivity index (χ2v) is 4.75. The van der Waals surface area contributed by atoms with E-state index in [9.17, 15) is 4.79 Å². The Kier molecular flexibility index (Phi) is 4.15. The quantitative estimate of drug-likeness (QED) is 0.851. The molecule has 0 atom stereocenters. The van der Waals surface area contributed by atoms with Gasteiger partial charge in [-0.2, -0.15) is 0 Å². The summed E-state index contributed by atoms with van der Waals surface area (Å²) in [5.74, 6) is 0.0978. The second-order valence-electron chi connectivity index (χ2n) is 4.34. The van der Waals surface area contributed by atoms with Crippen LogP contribution in [0.3, 0.4) is 0 Å². The maximum atomic E-state index is 12.3. The lowest BCUT2D eigenvalue weighted by molar-refractivity contribution is 0.102. The molecule has 0 unspecified atom stereocenters. The number of amides is 1. The van der Waals surface area contributed by atoms with Gasteiger partial charge < -0.3 is 15.8 Å². The highest BCUT2D eigenvalue weighted by Gasteiger charge is 2.16. The van der Waals surface area contributed by atoms with Crippen molar-refractivity contribution in [1.29, 1.82) is 0 Å². The predicted octanol–water partition coefficient (Wildman–Crippen LogP) is 3.49. The number of carbonyl (C=O) groups excluding carboxylic acids is 1. The number of methoxy groups -OCH3 is 1. The van der Waals surface area contributed by atoms with Crippen molar-refractivity contribution in [3.05, 3.63) is 52.5 Å². The number of benzene rings is 2. The minimum Gasteiger partial charge on any atom is -0.496 e. The molecule has 20 heavy (non-hydrogen) atoms. The molecule has 0 heterocycles. The van der Waals surface area contributed by atoms with Crippen molar-refractivity contribution in [2.24, 2.45) is 0 Å². The van der Waals surface area contributed by atoms with Gasteiger partial charge in [0, 0.05) is 16.4 Å². The number of aryl methyl sites for hydroxylation is 1. The van der Waals surface area contributed by atoms with Crippen LogP contribution >= 0.6 is 11.6 Å². The maximum Gasteiger partial charge on any atom is 0.261 e. The lowest BCUT2D eigenvalue weighted by atomic mass is 10.1. The van der Waals surface area contributed by atoms with Gasteiger partial charge in [0.15, 0.2) is 0 Å². The molecule has 0 aliphatic rings. The number of halogens is 1. The number of nitrogens with two attached hydrogens (primary N) is 1. The zero-order chi connectivity index (χ0) is 14.7. The van der Waals surface area contributed by atoms with Gasteiger partial charge in [-0.05, 0) is 36.8 Å². The van der Waals surface area contributed by atoms with Crippen molar-refractivity contribution in [3.8, 4) is 5.75 Å². The summed E-state index contributed by atoms with van der Waals surface area (Å²) >= 11 is 6.03. The first-order valence-corrected chi connectivity index (χ1v) is 6.40. The molecule has 0 fully saturated rings. The van der Waals surface area contributed by atoms with E-state index in [0.717, 1.165) is 5.56 Å². The van der Waals surface area contributed by atoms with Gasteiger partial charge in [-0.3, -0.25) is 4.79 Å². The molecule has 0 aliphatic heterocycles. The smallest absolute Gasteiger partial charge is 0.261 e. The number of hydrogen-bond acceptors (Lipinski definition) is 3. The van der Waals surface area contributed by atoms with Crippen LogP contribution in [-0.4, -0.2) is 13.0 Å². The summed E-state index contributed by atoms with van der Waals surface area (Å²) < 4.78 is 5.16. The van der Waals surface area contributed by atoms with Crippen LogP contribution in [0.1, 0.15) is 15.9 Å². The Morgan fingerprint density at radius 2 is 2.05 bits per heavy atom. The number of nitrogen functional groups attached to an aromatic ring is 1. The van der Waals surface area contributed by atoms with Gasteiger partial charge in [-0.25, -0.2) is 0 Å². The first kappa shape index (κ1) is 14.2. The third-order valence-electron chi connectivity index (χ3n) is 2.94. The number of carbonyl (C=O) groups is 1. The van der Waals surface area contributed by atoms with Gasteiger partial charge in [0.05, 0.1) is 7.11 Å². The maximum absolute atomic E-state index is 12.3. The number of anilines is 2. The molecule has 0 aliphatic carbocycles. The lowest BCUT2D eigenvalue weighted by Crippen LogP contribution is -2.15. The number of ether oxygens (including phenoxy) is 1. The lowest BCUT2D eigenvalue weighted by Gasteiger charge is -2.12. The zero-order valence-corrected chi connectivity index (χ0v) is 12.0. The molecular formula is C15H15ClN2O2. The molecule has 0 radical (unpaired) electrons. The highest BCUT2D eigenvalue weighted by molar-refractivity contribution is 6.31. The van der Waals surface area contributed by atoms with Crippen molar-refractivity contribution < 1.29 is 9.53 Å². The molecular weight excluding hydrogens is 276 g/mol. The van der Waals surface area contributed by atoms with Crippen LogP contribution in [-0.2, 0) is 0 Å². The Morgan fingerprint density at radius 1 is 1.30 bits per heavy atom. The fourth-order valence-electron chi connectivity index (χ4n) is 1.83. The highest BCUT2D eigenvalue weighted by Crippen LogP contribution is 2.26. The molecule has 2 aromatic carbocycles. The highest BCUT2D eigenvalue weighted by atomic mass is 35.5. The number of rotatable bonds is 3. The third-order valence-corrected chi connectivity index (χ3v) is 3.34. The first-order valence-electron chi connectivity index (χ1n) is 6.03. The van der Waals surface area contributed by atoms with E-state index in [1.165, 1.54) is 7.11 Å². The second kappa shape index (κ2) is 5.84. The van der Waals surface area contributed by atoms with Crippen LogP contribution in [0.4, 0.5) is 11.4 Å². The molecule has 3 N–H and O–H groups in total. The van der Waals surface area contributed by atoms with Crippen LogP contribution in [0.25, 0.3) is 0 Å². The summed E-state index contributed by atoms with van der Waals surface area (Å²) in [7, 11) is 1.49. The van der Waals surface area contributed by atoms with E-state index < -0.39 is 0 Å². The number of nitrogens with one attached hydrogen (secondary N) is 1. The average Bonchev–Trinajstić information content (AvgIpc) is 2.42. The Morgan fingerprint density at radius 3 is 2.70 bits per heavy atom. The largest absolute Gasteiger partial charge is 0.496 e. The Labute approximate surface area is 122 Å². The van der Waals surface area contributed by atoms with Crippen molar-refractivity contribution in [2.75, 3.05) is 18.2 Å². The molecule has 0 saturated heterocycles. The van der Waals surface area contributed by atoms with Crippen LogP contribution in [0.2, 0.25) is 5.02 Å². The summed E-state index contributed by atoms with van der Waals surface area (Å²) in [4.78, 5) is 12.3. The Hall–Kier alpha value is -2.20. The molecule has 104 valence electrons. The van der Waals surface area contributed by atoms with Gasteiger partial charge in [0.25, 0.3) is 5.91 Å². The molecule has 5 heteroatoms. The Bertz CT molecular complexity index is 656. The minimum atomic E-state index is -0.333. The monoisotopic (exact) mass is 290 g/mol. The molecule has 4 nitrogen and oxygen atoms in total. The molecule has 0 bridgehead atoms. The van der Waals surface area contributed by atoms with Crippen LogP contribution in [0.15, 0.2) is 36.4 Å². The minimum absolute atomic E-state index is 0.312. The molecule has 0 aromatic heterocycles. The summed E-state index contributed by atoms with van der Waals surface area (Å²) in [6.45, 7) is 1.89. The van der Waals surface area contributed by atoms with E-state index in [2.05, 4.69) is 5.32 Å². The third kappa shape index (κ3) is 2.86. The van der Waals surface area contributed by atoms with Crippen molar-refractivity contribution in [2.45, 2.75) is 6.92 Å². The summed E-state index contributed by atoms with van der Waals surface area (Å²) in [5, 5.41) is 3.35. The van der Waals surface area contributed by atoms with E-state index in [4.69, 9.17) is 22.1 Å². The van der Waals surface area contributed by atoms with Crippen molar-refractivity contribution in [1.82, 2.24) is 0 Å². The van der Waals surface area contributed by atoms with E-state index >= 15 is 0 Å².